The lowest BCUT2D eigenvalue weighted by Gasteiger charge is -2.24. The number of hydrogen-bond acceptors (Lipinski definition) is 5. The summed E-state index contributed by atoms with van der Waals surface area (Å²) in [6.07, 6.45) is -1.25. The van der Waals surface area contributed by atoms with Gasteiger partial charge in [0, 0.05) is 36.3 Å². The molecule has 0 spiro atoms. The number of halogens is 3. The molecule has 3 rings (SSSR count). The van der Waals surface area contributed by atoms with E-state index in [1.54, 1.807) is 54.4 Å². The normalized spacial score (nSPS) is 11.6. The van der Waals surface area contributed by atoms with Gasteiger partial charge in [-0.3, -0.25) is 19.6 Å². The molecule has 11 heteroatoms. The first-order valence-electron chi connectivity index (χ1n) is 9.11. The van der Waals surface area contributed by atoms with Crippen LogP contribution in [0.1, 0.15) is 5.56 Å². The van der Waals surface area contributed by atoms with Gasteiger partial charge < -0.3 is 9.30 Å². The van der Waals surface area contributed by atoms with Crippen LogP contribution in [0.4, 0.5) is 18.9 Å². The molecule has 0 radical (unpaired) electrons. The second kappa shape index (κ2) is 9.31. The Kier molecular flexibility index (Phi) is 6.76. The average Bonchev–Trinajstić information content (AvgIpc) is 3.07. The number of ether oxygens (including phenoxy) is 1. The maximum atomic E-state index is 13.2. The SMILES string of the molecule is COc1ccc(-n2ccn(CN(Cc3ccccc3[N+](=O)[O-])CC(F)(F)F)c2=S)cc1. The lowest BCUT2D eigenvalue weighted by Crippen LogP contribution is -2.35. The number of hydrogen-bond donors (Lipinski definition) is 0. The van der Waals surface area contributed by atoms with Crippen LogP contribution in [0.15, 0.2) is 60.9 Å². The number of nitro benzene ring substituents is 1. The summed E-state index contributed by atoms with van der Waals surface area (Å²) >= 11 is 5.44. The Morgan fingerprint density at radius 3 is 2.42 bits per heavy atom. The van der Waals surface area contributed by atoms with Gasteiger partial charge in [0.05, 0.1) is 25.2 Å². The molecule has 7 nitrogen and oxygen atoms in total. The van der Waals surface area contributed by atoms with E-state index in [-0.39, 0.29) is 24.5 Å². The van der Waals surface area contributed by atoms with Crippen LogP contribution in [0.2, 0.25) is 0 Å². The van der Waals surface area contributed by atoms with E-state index in [1.165, 1.54) is 22.8 Å². The minimum Gasteiger partial charge on any atom is -0.497 e. The van der Waals surface area contributed by atoms with Crippen molar-refractivity contribution in [1.82, 2.24) is 14.0 Å². The van der Waals surface area contributed by atoms with Crippen molar-refractivity contribution in [3.63, 3.8) is 0 Å². The van der Waals surface area contributed by atoms with Crippen molar-refractivity contribution in [3.05, 3.63) is 81.4 Å². The minimum absolute atomic E-state index is 0.187. The van der Waals surface area contributed by atoms with Gasteiger partial charge in [-0.1, -0.05) is 18.2 Å². The Morgan fingerprint density at radius 1 is 1.13 bits per heavy atom. The molecule has 1 aromatic heterocycles. The summed E-state index contributed by atoms with van der Waals surface area (Å²) < 4.78 is 48.1. The number of nitrogens with zero attached hydrogens (tertiary/aromatic N) is 4. The molecule has 0 saturated carbocycles. The molecule has 3 aromatic rings. The molecule has 0 N–H and O–H groups in total. The summed E-state index contributed by atoms with van der Waals surface area (Å²) in [6.45, 7) is -1.69. The van der Waals surface area contributed by atoms with Crippen molar-refractivity contribution in [2.24, 2.45) is 0 Å². The lowest BCUT2D eigenvalue weighted by molar-refractivity contribution is -0.385. The van der Waals surface area contributed by atoms with Crippen LogP contribution in [0.5, 0.6) is 5.75 Å². The Bertz CT molecular complexity index is 1110. The third-order valence-corrected chi connectivity index (χ3v) is 4.97. The molecular formula is C20H19F3N4O3S. The zero-order chi connectivity index (χ0) is 22.6. The fourth-order valence-electron chi connectivity index (χ4n) is 3.15. The standard InChI is InChI=1S/C20H19F3N4O3S/c1-30-17-8-6-16(7-9-17)26-11-10-25(19(26)31)14-24(13-20(21,22)23)12-15-4-2-3-5-18(15)27(28)29/h2-11H,12-14H2,1H3. The number of benzene rings is 2. The highest BCUT2D eigenvalue weighted by Crippen LogP contribution is 2.24. The molecule has 1 heterocycles. The van der Waals surface area contributed by atoms with E-state index in [2.05, 4.69) is 0 Å². The molecule has 31 heavy (non-hydrogen) atoms. The lowest BCUT2D eigenvalue weighted by atomic mass is 10.1. The van der Waals surface area contributed by atoms with Gasteiger partial charge in [0.25, 0.3) is 5.69 Å². The molecule has 164 valence electrons. The van der Waals surface area contributed by atoms with Crippen LogP contribution in [0.3, 0.4) is 0 Å². The predicted molar refractivity (Wildman–Crippen MR) is 111 cm³/mol. The van der Waals surface area contributed by atoms with Gasteiger partial charge in [0.1, 0.15) is 5.75 Å². The highest BCUT2D eigenvalue weighted by atomic mass is 32.1. The molecule has 0 unspecified atom stereocenters. The van der Waals surface area contributed by atoms with Gasteiger partial charge in [0.15, 0.2) is 4.77 Å². The van der Waals surface area contributed by atoms with Gasteiger partial charge in [-0.05, 0) is 36.5 Å². The van der Waals surface area contributed by atoms with Gasteiger partial charge in [0.2, 0.25) is 0 Å². The quantitative estimate of drug-likeness (QED) is 0.275. The molecule has 0 saturated heterocycles. The number of rotatable bonds is 8. The summed E-state index contributed by atoms with van der Waals surface area (Å²) in [5.74, 6) is 0.663. The number of nitro groups is 1. The van der Waals surface area contributed by atoms with Gasteiger partial charge in [-0.25, -0.2) is 0 Å². The van der Waals surface area contributed by atoms with E-state index >= 15 is 0 Å². The number of aromatic nitrogens is 2. The van der Waals surface area contributed by atoms with Gasteiger partial charge >= 0.3 is 6.18 Å². The van der Waals surface area contributed by atoms with Gasteiger partial charge in [-0.15, -0.1) is 0 Å². The molecule has 0 bridgehead atoms. The highest BCUT2D eigenvalue weighted by molar-refractivity contribution is 7.71. The Labute approximate surface area is 181 Å². The number of methoxy groups -OCH3 is 1. The fraction of sp³-hybridized carbons (Fsp3) is 0.250. The van der Waals surface area contributed by atoms with E-state index in [1.807, 2.05) is 0 Å². The zero-order valence-corrected chi connectivity index (χ0v) is 17.3. The number of para-hydroxylation sites is 1. The Hall–Kier alpha value is -3.18. The maximum Gasteiger partial charge on any atom is 0.401 e. The summed E-state index contributed by atoms with van der Waals surface area (Å²) in [7, 11) is 1.55. The fourth-order valence-corrected chi connectivity index (χ4v) is 3.43. The molecule has 0 fully saturated rings. The van der Waals surface area contributed by atoms with Crippen LogP contribution in [-0.4, -0.2) is 38.8 Å². The monoisotopic (exact) mass is 452 g/mol. The summed E-state index contributed by atoms with van der Waals surface area (Å²) in [4.78, 5) is 11.7. The van der Waals surface area contributed by atoms with Crippen LogP contribution in [0.25, 0.3) is 5.69 Å². The predicted octanol–water partition coefficient (Wildman–Crippen LogP) is 4.95. The van der Waals surface area contributed by atoms with Crippen molar-refractivity contribution in [1.29, 1.82) is 0 Å². The third-order valence-electron chi connectivity index (χ3n) is 4.54. The molecule has 0 aliphatic carbocycles. The zero-order valence-electron chi connectivity index (χ0n) is 16.5. The van der Waals surface area contributed by atoms with Crippen LogP contribution in [0, 0.1) is 14.9 Å². The van der Waals surface area contributed by atoms with Crippen molar-refractivity contribution >= 4 is 17.9 Å². The molecule has 0 atom stereocenters. The van der Waals surface area contributed by atoms with Crippen molar-refractivity contribution < 1.29 is 22.8 Å². The average molecular weight is 452 g/mol. The first-order valence-corrected chi connectivity index (χ1v) is 9.52. The largest absolute Gasteiger partial charge is 0.497 e. The molecule has 2 aromatic carbocycles. The van der Waals surface area contributed by atoms with Gasteiger partial charge in [-0.2, -0.15) is 13.2 Å². The number of alkyl halides is 3. The number of imidazole rings is 1. The summed E-state index contributed by atoms with van der Waals surface area (Å²) in [5.41, 5.74) is 0.692. The third kappa shape index (κ3) is 5.70. The van der Waals surface area contributed by atoms with E-state index in [9.17, 15) is 23.3 Å². The summed E-state index contributed by atoms with van der Waals surface area (Å²) in [6, 6.07) is 12.8. The highest BCUT2D eigenvalue weighted by Gasteiger charge is 2.32. The van der Waals surface area contributed by atoms with E-state index in [4.69, 9.17) is 17.0 Å². The Balaban J connectivity index is 1.88. The second-order valence-electron chi connectivity index (χ2n) is 6.75. The minimum atomic E-state index is -4.48. The van der Waals surface area contributed by atoms with E-state index in [0.29, 0.717) is 10.5 Å². The van der Waals surface area contributed by atoms with Crippen molar-refractivity contribution in [2.75, 3.05) is 13.7 Å². The Morgan fingerprint density at radius 2 is 1.81 bits per heavy atom. The first-order chi connectivity index (χ1) is 14.7. The van der Waals surface area contributed by atoms with Crippen LogP contribution >= 0.6 is 12.2 Å². The van der Waals surface area contributed by atoms with Crippen molar-refractivity contribution in [3.8, 4) is 11.4 Å². The smallest absolute Gasteiger partial charge is 0.401 e. The molecule has 0 aliphatic heterocycles. The topological polar surface area (TPSA) is 65.5 Å². The molecule has 0 aliphatic rings. The van der Waals surface area contributed by atoms with Crippen molar-refractivity contribution in [2.45, 2.75) is 19.4 Å². The molecule has 0 amide bonds. The maximum absolute atomic E-state index is 13.2. The molecular weight excluding hydrogens is 433 g/mol. The van der Waals surface area contributed by atoms with Crippen LogP contribution < -0.4 is 4.74 Å². The second-order valence-corrected chi connectivity index (χ2v) is 7.11. The van der Waals surface area contributed by atoms with E-state index < -0.39 is 17.6 Å². The van der Waals surface area contributed by atoms with Crippen LogP contribution in [-0.2, 0) is 13.2 Å². The van der Waals surface area contributed by atoms with E-state index in [0.717, 1.165) is 10.6 Å². The first kappa shape index (κ1) is 22.5. The summed E-state index contributed by atoms with van der Waals surface area (Å²) in [5, 5.41) is 11.2.